The summed E-state index contributed by atoms with van der Waals surface area (Å²) in [4.78, 5) is 12.3. The van der Waals surface area contributed by atoms with E-state index in [2.05, 4.69) is 17.1 Å². The minimum absolute atomic E-state index is 0.334. The van der Waals surface area contributed by atoms with Crippen molar-refractivity contribution in [1.29, 1.82) is 0 Å². The lowest BCUT2D eigenvalue weighted by Gasteiger charge is -2.11. The first-order chi connectivity index (χ1) is 14.0. The predicted octanol–water partition coefficient (Wildman–Crippen LogP) is 4.08. The number of halogens is 1. The molecule has 0 saturated heterocycles. The zero-order chi connectivity index (χ0) is 21.2. The van der Waals surface area contributed by atoms with Gasteiger partial charge < -0.3 is 18.9 Å². The van der Waals surface area contributed by atoms with Gasteiger partial charge in [0.1, 0.15) is 6.61 Å². The molecular weight excluding hydrogens is 396 g/mol. The van der Waals surface area contributed by atoms with Crippen LogP contribution >= 0.6 is 11.6 Å². The molecular formula is C21H23ClN2O5. The van der Waals surface area contributed by atoms with Gasteiger partial charge >= 0.3 is 0 Å². The van der Waals surface area contributed by atoms with E-state index >= 15 is 0 Å². The summed E-state index contributed by atoms with van der Waals surface area (Å²) in [5.41, 5.74) is 3.47. The third kappa shape index (κ3) is 5.89. The number of amides is 1. The van der Waals surface area contributed by atoms with E-state index in [0.717, 1.165) is 0 Å². The third-order valence-electron chi connectivity index (χ3n) is 3.70. The van der Waals surface area contributed by atoms with Gasteiger partial charge in [-0.05, 0) is 42.8 Å². The number of ether oxygens (including phenoxy) is 4. The number of nitrogens with one attached hydrogen (secondary N) is 1. The van der Waals surface area contributed by atoms with E-state index in [4.69, 9.17) is 30.5 Å². The second kappa shape index (κ2) is 11.0. The van der Waals surface area contributed by atoms with Gasteiger partial charge in [0.05, 0.1) is 32.1 Å². The number of hydrogen-bond acceptors (Lipinski definition) is 6. The molecule has 0 radical (unpaired) electrons. The van der Waals surface area contributed by atoms with Crippen LogP contribution in [0.25, 0.3) is 0 Å². The number of carbonyl (C=O) groups excluding carboxylic acids is 1. The monoisotopic (exact) mass is 418 g/mol. The van der Waals surface area contributed by atoms with E-state index < -0.39 is 5.91 Å². The maximum atomic E-state index is 12.3. The van der Waals surface area contributed by atoms with E-state index in [9.17, 15) is 4.79 Å². The fourth-order valence-electron chi connectivity index (χ4n) is 2.41. The molecule has 0 unspecified atom stereocenters. The van der Waals surface area contributed by atoms with Crippen LogP contribution in [0.15, 0.2) is 48.1 Å². The number of methoxy groups -OCH3 is 2. The smallest absolute Gasteiger partial charge is 0.271 e. The van der Waals surface area contributed by atoms with Gasteiger partial charge in [0.15, 0.2) is 23.0 Å². The number of hydrogen-bond donors (Lipinski definition) is 1. The van der Waals surface area contributed by atoms with Crippen molar-refractivity contribution >= 4 is 23.7 Å². The quantitative estimate of drug-likeness (QED) is 0.357. The van der Waals surface area contributed by atoms with Crippen LogP contribution in [0.5, 0.6) is 23.0 Å². The standard InChI is InChI=1S/C21H23ClN2O5/c1-5-9-29-17-8-7-15(12-18(17)26-3)21(25)24-23-13-14-10-16(22)20(28-6-2)19(11-14)27-4/h5,7-8,10-13H,1,6,9H2,2-4H3,(H,24,25)/b23-13+. The highest BCUT2D eigenvalue weighted by atomic mass is 35.5. The number of hydrazone groups is 1. The lowest BCUT2D eigenvalue weighted by atomic mass is 10.2. The minimum Gasteiger partial charge on any atom is -0.493 e. The molecule has 0 aromatic heterocycles. The highest BCUT2D eigenvalue weighted by Gasteiger charge is 2.12. The number of benzene rings is 2. The molecule has 0 saturated carbocycles. The second-order valence-corrected chi connectivity index (χ2v) is 6.04. The van der Waals surface area contributed by atoms with Crippen LogP contribution in [0, 0.1) is 0 Å². The second-order valence-electron chi connectivity index (χ2n) is 5.63. The molecule has 154 valence electrons. The molecule has 7 nitrogen and oxygen atoms in total. The van der Waals surface area contributed by atoms with E-state index in [-0.39, 0.29) is 0 Å². The van der Waals surface area contributed by atoms with Gasteiger partial charge in [-0.2, -0.15) is 5.10 Å². The molecule has 2 aromatic rings. The first-order valence-electron chi connectivity index (χ1n) is 8.79. The van der Waals surface area contributed by atoms with Crippen molar-refractivity contribution in [3.05, 3.63) is 59.1 Å². The fourth-order valence-corrected chi connectivity index (χ4v) is 2.68. The lowest BCUT2D eigenvalue weighted by molar-refractivity contribution is 0.0954. The maximum Gasteiger partial charge on any atom is 0.271 e. The Hall–Kier alpha value is -3.19. The molecule has 0 aliphatic heterocycles. The Balaban J connectivity index is 2.11. The van der Waals surface area contributed by atoms with Crippen molar-refractivity contribution in [2.45, 2.75) is 6.92 Å². The Kier molecular flexibility index (Phi) is 8.36. The minimum atomic E-state index is -0.404. The molecule has 1 amide bonds. The van der Waals surface area contributed by atoms with Gasteiger partial charge in [-0.1, -0.05) is 24.3 Å². The van der Waals surface area contributed by atoms with Crippen LogP contribution in [0.2, 0.25) is 5.02 Å². The Labute approximate surface area is 174 Å². The number of carbonyl (C=O) groups is 1. The molecule has 0 aliphatic carbocycles. The maximum absolute atomic E-state index is 12.3. The van der Waals surface area contributed by atoms with Gasteiger partial charge in [-0.15, -0.1) is 0 Å². The highest BCUT2D eigenvalue weighted by molar-refractivity contribution is 6.32. The van der Waals surface area contributed by atoms with E-state index in [0.29, 0.717) is 52.4 Å². The van der Waals surface area contributed by atoms with Crippen molar-refractivity contribution < 1.29 is 23.7 Å². The fraction of sp³-hybridized carbons (Fsp3) is 0.238. The van der Waals surface area contributed by atoms with Crippen molar-refractivity contribution in [3.63, 3.8) is 0 Å². The van der Waals surface area contributed by atoms with E-state index in [1.54, 1.807) is 36.4 Å². The van der Waals surface area contributed by atoms with Gasteiger partial charge in [-0.3, -0.25) is 4.79 Å². The molecule has 0 fully saturated rings. The molecule has 0 aliphatic rings. The zero-order valence-electron chi connectivity index (χ0n) is 16.5. The van der Waals surface area contributed by atoms with Crippen molar-refractivity contribution in [3.8, 4) is 23.0 Å². The van der Waals surface area contributed by atoms with E-state index in [1.807, 2.05) is 6.92 Å². The Morgan fingerprint density at radius 3 is 2.55 bits per heavy atom. The van der Waals surface area contributed by atoms with Gasteiger partial charge in [0.25, 0.3) is 5.91 Å². The Morgan fingerprint density at radius 2 is 1.90 bits per heavy atom. The summed E-state index contributed by atoms with van der Waals surface area (Å²) in [5, 5.41) is 4.36. The average molecular weight is 419 g/mol. The molecule has 29 heavy (non-hydrogen) atoms. The van der Waals surface area contributed by atoms with Crippen molar-refractivity contribution in [2.75, 3.05) is 27.4 Å². The van der Waals surface area contributed by atoms with E-state index in [1.165, 1.54) is 20.4 Å². The summed E-state index contributed by atoms with van der Waals surface area (Å²) < 4.78 is 21.5. The molecule has 0 heterocycles. The SMILES string of the molecule is C=CCOc1ccc(C(=O)N/N=C/c2cc(Cl)c(OCC)c(OC)c2)cc1OC. The number of rotatable bonds is 10. The lowest BCUT2D eigenvalue weighted by Crippen LogP contribution is -2.17. The zero-order valence-corrected chi connectivity index (χ0v) is 17.3. The molecule has 1 N–H and O–H groups in total. The summed E-state index contributed by atoms with van der Waals surface area (Å²) in [6.07, 6.45) is 3.08. The topological polar surface area (TPSA) is 78.4 Å². The first kappa shape index (κ1) is 22.1. The average Bonchev–Trinajstić information content (AvgIpc) is 2.73. The molecule has 2 aromatic carbocycles. The highest BCUT2D eigenvalue weighted by Crippen LogP contribution is 2.36. The Morgan fingerprint density at radius 1 is 1.14 bits per heavy atom. The van der Waals surface area contributed by atoms with Crippen LogP contribution in [0.1, 0.15) is 22.8 Å². The van der Waals surface area contributed by atoms with Gasteiger partial charge in [0.2, 0.25) is 0 Å². The molecule has 8 heteroatoms. The van der Waals surface area contributed by atoms with Crippen LogP contribution in [0.3, 0.4) is 0 Å². The molecule has 0 bridgehead atoms. The molecule has 0 atom stereocenters. The largest absolute Gasteiger partial charge is 0.493 e. The third-order valence-corrected chi connectivity index (χ3v) is 3.98. The van der Waals surface area contributed by atoms with Crippen LogP contribution in [-0.4, -0.2) is 39.6 Å². The first-order valence-corrected chi connectivity index (χ1v) is 9.17. The van der Waals surface area contributed by atoms with Gasteiger partial charge in [-0.25, -0.2) is 5.43 Å². The molecule has 2 rings (SSSR count). The van der Waals surface area contributed by atoms with Crippen LogP contribution < -0.4 is 24.4 Å². The van der Waals surface area contributed by atoms with Gasteiger partial charge in [0, 0.05) is 5.56 Å². The predicted molar refractivity (Wildman–Crippen MR) is 113 cm³/mol. The summed E-state index contributed by atoms with van der Waals surface area (Å²) in [5.74, 6) is 1.49. The normalized spacial score (nSPS) is 10.5. The van der Waals surface area contributed by atoms with Crippen molar-refractivity contribution in [1.82, 2.24) is 5.43 Å². The Bertz CT molecular complexity index is 899. The summed E-state index contributed by atoms with van der Waals surface area (Å²) in [6.45, 7) is 6.24. The number of nitrogens with zero attached hydrogens (tertiary/aromatic N) is 1. The van der Waals surface area contributed by atoms with Crippen LogP contribution in [0.4, 0.5) is 0 Å². The van der Waals surface area contributed by atoms with Crippen molar-refractivity contribution in [2.24, 2.45) is 5.10 Å². The summed E-state index contributed by atoms with van der Waals surface area (Å²) >= 11 is 6.23. The summed E-state index contributed by atoms with van der Waals surface area (Å²) in [7, 11) is 3.02. The summed E-state index contributed by atoms with van der Waals surface area (Å²) in [6, 6.07) is 8.21. The van der Waals surface area contributed by atoms with Crippen LogP contribution in [-0.2, 0) is 0 Å². The molecule has 0 spiro atoms.